The Morgan fingerprint density at radius 2 is 1.75 bits per heavy atom. The maximum absolute atomic E-state index is 9.82. The Hall–Kier alpha value is -0.613. The molecule has 0 aliphatic rings. The van der Waals surface area contributed by atoms with Crippen LogP contribution >= 0.6 is 0 Å². The second-order valence-electron chi connectivity index (χ2n) is 1.14. The number of hydrogen-bond acceptors (Lipinski definition) is 1. The van der Waals surface area contributed by atoms with Gasteiger partial charge >= 0.3 is 0 Å². The van der Waals surface area contributed by atoms with Crippen LogP contribution in [0.3, 0.4) is 0 Å². The molecule has 0 saturated heterocycles. The number of carbonyl (C=O) groups excluding carboxylic acids is 1. The number of primary amides is 1. The standard InChI is InChI=1S/C4H7NO.H2O.H4Si/c1-3(2)4(5)6;;/h1H2,2H3,(H2,5,6);1H2;1H4. The molecule has 4 heteroatoms. The summed E-state index contributed by atoms with van der Waals surface area (Å²) in [4.78, 5) is 9.82. The van der Waals surface area contributed by atoms with Crippen LogP contribution in [-0.2, 0) is 4.79 Å². The lowest BCUT2D eigenvalue weighted by Crippen LogP contribution is -2.10. The molecule has 0 saturated carbocycles. The number of rotatable bonds is 1. The Kier molecular flexibility index (Phi) is 12.5. The molecule has 0 radical (unpaired) electrons. The van der Waals surface area contributed by atoms with E-state index in [2.05, 4.69) is 6.58 Å². The average molecular weight is 135 g/mol. The molecule has 1 amide bonds. The summed E-state index contributed by atoms with van der Waals surface area (Å²) in [6.45, 7) is 4.85. The van der Waals surface area contributed by atoms with Crippen molar-refractivity contribution < 1.29 is 10.3 Å². The zero-order valence-corrected chi connectivity index (χ0v) is 4.19. The van der Waals surface area contributed by atoms with Crippen molar-refractivity contribution in [2.45, 2.75) is 6.92 Å². The minimum atomic E-state index is -0.435. The van der Waals surface area contributed by atoms with Crippen molar-refractivity contribution in [3.8, 4) is 0 Å². The lowest BCUT2D eigenvalue weighted by atomic mass is 10.3. The maximum Gasteiger partial charge on any atom is 0.243 e. The largest absolute Gasteiger partial charge is 0.412 e. The molecule has 0 aliphatic carbocycles. The van der Waals surface area contributed by atoms with E-state index in [1.54, 1.807) is 6.92 Å². The smallest absolute Gasteiger partial charge is 0.243 e. The SMILES string of the molecule is C=C(C)C(N)=O.O.[SiH4]. The summed E-state index contributed by atoms with van der Waals surface area (Å²) in [6, 6.07) is 0. The molecule has 0 bridgehead atoms. The maximum atomic E-state index is 9.82. The summed E-state index contributed by atoms with van der Waals surface area (Å²) in [5, 5.41) is 0. The summed E-state index contributed by atoms with van der Waals surface area (Å²) in [5.74, 6) is -0.435. The molecule has 0 spiro atoms. The predicted molar refractivity (Wildman–Crippen MR) is 39.0 cm³/mol. The van der Waals surface area contributed by atoms with Crippen molar-refractivity contribution in [3.63, 3.8) is 0 Å². The molecule has 0 aromatic rings. The van der Waals surface area contributed by atoms with E-state index < -0.39 is 5.91 Å². The van der Waals surface area contributed by atoms with Crippen LogP contribution in [0.4, 0.5) is 0 Å². The van der Waals surface area contributed by atoms with Gasteiger partial charge in [0.1, 0.15) is 0 Å². The highest BCUT2D eigenvalue weighted by atomic mass is 28.1. The molecule has 0 aromatic heterocycles. The summed E-state index contributed by atoms with van der Waals surface area (Å²) < 4.78 is 0. The molecule has 8 heavy (non-hydrogen) atoms. The quantitative estimate of drug-likeness (QED) is 0.321. The highest BCUT2D eigenvalue weighted by Crippen LogP contribution is 1.78. The first-order valence-electron chi connectivity index (χ1n) is 1.60. The number of carbonyl (C=O) groups is 1. The fourth-order valence-electron chi connectivity index (χ4n) is 0. The summed E-state index contributed by atoms with van der Waals surface area (Å²) in [5.41, 5.74) is 5.09. The van der Waals surface area contributed by atoms with Crippen LogP contribution in [0.15, 0.2) is 12.2 Å². The van der Waals surface area contributed by atoms with Gasteiger partial charge in [-0.25, -0.2) is 0 Å². The molecule has 50 valence electrons. The van der Waals surface area contributed by atoms with Crippen molar-refractivity contribution in [1.29, 1.82) is 0 Å². The topological polar surface area (TPSA) is 74.6 Å². The van der Waals surface area contributed by atoms with Gasteiger partial charge in [-0.15, -0.1) is 0 Å². The van der Waals surface area contributed by atoms with Crippen LogP contribution in [0.5, 0.6) is 0 Å². The third-order valence-electron chi connectivity index (χ3n) is 0.421. The first-order valence-corrected chi connectivity index (χ1v) is 1.60. The first kappa shape index (κ1) is 15.7. The second-order valence-corrected chi connectivity index (χ2v) is 1.14. The van der Waals surface area contributed by atoms with Gasteiger partial charge < -0.3 is 11.2 Å². The molecular formula is C4H13NO2Si. The van der Waals surface area contributed by atoms with Crippen LogP contribution in [0.25, 0.3) is 0 Å². The lowest BCUT2D eigenvalue weighted by molar-refractivity contribution is -0.114. The molecule has 3 nitrogen and oxygen atoms in total. The van der Waals surface area contributed by atoms with Gasteiger partial charge in [-0.2, -0.15) is 0 Å². The van der Waals surface area contributed by atoms with E-state index in [-0.39, 0.29) is 16.4 Å². The number of nitrogens with two attached hydrogens (primary N) is 1. The fraction of sp³-hybridized carbons (Fsp3) is 0.250. The van der Waals surface area contributed by atoms with E-state index in [9.17, 15) is 4.79 Å². The zero-order valence-electron chi connectivity index (χ0n) is 4.19. The van der Waals surface area contributed by atoms with Crippen LogP contribution in [0.1, 0.15) is 6.92 Å². The van der Waals surface area contributed by atoms with Crippen molar-refractivity contribution >= 4 is 16.9 Å². The second kappa shape index (κ2) is 6.39. The van der Waals surface area contributed by atoms with Crippen molar-refractivity contribution in [2.75, 3.05) is 0 Å². The predicted octanol–water partition coefficient (Wildman–Crippen LogP) is -2.23. The zero-order chi connectivity index (χ0) is 5.15. The van der Waals surface area contributed by atoms with Gasteiger partial charge in [-0.05, 0) is 17.9 Å². The summed E-state index contributed by atoms with van der Waals surface area (Å²) in [6.07, 6.45) is 0. The van der Waals surface area contributed by atoms with E-state index in [0.29, 0.717) is 5.57 Å². The average Bonchev–Trinajstić information content (AvgIpc) is 1.36. The first-order chi connectivity index (χ1) is 2.64. The Labute approximate surface area is 52.9 Å². The van der Waals surface area contributed by atoms with Crippen LogP contribution in [0.2, 0.25) is 0 Å². The van der Waals surface area contributed by atoms with Crippen LogP contribution in [0, 0.1) is 0 Å². The molecule has 0 aromatic carbocycles. The van der Waals surface area contributed by atoms with Gasteiger partial charge in [0.25, 0.3) is 0 Å². The Balaban J connectivity index is -0.000000125. The minimum absolute atomic E-state index is 0. The van der Waals surface area contributed by atoms with Crippen molar-refractivity contribution in [1.82, 2.24) is 0 Å². The van der Waals surface area contributed by atoms with Gasteiger partial charge in [0.15, 0.2) is 0 Å². The molecule has 0 fully saturated rings. The monoisotopic (exact) mass is 135 g/mol. The molecular weight excluding hydrogens is 122 g/mol. The summed E-state index contributed by atoms with van der Waals surface area (Å²) >= 11 is 0. The van der Waals surface area contributed by atoms with E-state index in [4.69, 9.17) is 5.73 Å². The fourth-order valence-corrected chi connectivity index (χ4v) is 0. The highest BCUT2D eigenvalue weighted by Gasteiger charge is 1.86. The molecule has 0 unspecified atom stereocenters. The van der Waals surface area contributed by atoms with Gasteiger partial charge in [0, 0.05) is 5.57 Å². The third-order valence-corrected chi connectivity index (χ3v) is 0.421. The third kappa shape index (κ3) is 9.04. The molecule has 4 N–H and O–H groups in total. The number of amides is 1. The van der Waals surface area contributed by atoms with Gasteiger partial charge in [-0.1, -0.05) is 6.58 Å². The Morgan fingerprint density at radius 3 is 1.75 bits per heavy atom. The Bertz CT molecular complexity index is 80.0. The van der Waals surface area contributed by atoms with Crippen LogP contribution < -0.4 is 5.73 Å². The highest BCUT2D eigenvalue weighted by molar-refractivity contribution is 5.90. The van der Waals surface area contributed by atoms with E-state index in [1.807, 2.05) is 0 Å². The van der Waals surface area contributed by atoms with Crippen molar-refractivity contribution in [2.24, 2.45) is 5.73 Å². The molecule has 0 atom stereocenters. The normalized spacial score (nSPS) is 5.62. The van der Waals surface area contributed by atoms with Crippen LogP contribution in [-0.4, -0.2) is 22.3 Å². The van der Waals surface area contributed by atoms with E-state index in [0.717, 1.165) is 0 Å². The van der Waals surface area contributed by atoms with Gasteiger partial charge in [-0.3, -0.25) is 4.79 Å². The molecule has 0 aliphatic heterocycles. The Morgan fingerprint density at radius 1 is 1.62 bits per heavy atom. The summed E-state index contributed by atoms with van der Waals surface area (Å²) in [7, 11) is 0. The van der Waals surface area contributed by atoms with Crippen molar-refractivity contribution in [3.05, 3.63) is 12.2 Å². The minimum Gasteiger partial charge on any atom is -0.412 e. The number of hydrogen-bond donors (Lipinski definition) is 1. The van der Waals surface area contributed by atoms with Gasteiger partial charge in [0.2, 0.25) is 5.91 Å². The lowest BCUT2D eigenvalue weighted by Gasteiger charge is -1.81. The van der Waals surface area contributed by atoms with Gasteiger partial charge in [0.05, 0.1) is 0 Å². The molecule has 0 rings (SSSR count). The molecule has 0 heterocycles. The van der Waals surface area contributed by atoms with E-state index >= 15 is 0 Å². The van der Waals surface area contributed by atoms with E-state index in [1.165, 1.54) is 0 Å².